The van der Waals surface area contributed by atoms with Crippen molar-refractivity contribution in [1.29, 1.82) is 0 Å². The van der Waals surface area contributed by atoms with E-state index in [4.69, 9.17) is 5.73 Å². The Morgan fingerprint density at radius 2 is 2.00 bits per heavy atom. The second-order valence-electron chi connectivity index (χ2n) is 4.29. The molecule has 0 radical (unpaired) electrons. The van der Waals surface area contributed by atoms with Crippen LogP contribution in [-0.2, 0) is 4.79 Å². The fourth-order valence-electron chi connectivity index (χ4n) is 1.78. The van der Waals surface area contributed by atoms with Gasteiger partial charge < -0.3 is 15.5 Å². The Morgan fingerprint density at radius 1 is 1.40 bits per heavy atom. The van der Waals surface area contributed by atoms with E-state index in [0.29, 0.717) is 18.9 Å². The number of rotatable bonds is 6. The third-order valence-corrected chi connectivity index (χ3v) is 2.91. The number of nitrogens with two attached hydrogens (primary N) is 1. The molecule has 0 aliphatic rings. The molecule has 1 rings (SSSR count). The maximum absolute atomic E-state index is 12.0. The fourth-order valence-corrected chi connectivity index (χ4v) is 1.78. The van der Waals surface area contributed by atoms with Gasteiger partial charge in [0.25, 0.3) is 5.69 Å². The number of likely N-dealkylation sites (N-methyl/N-ethyl adjacent to an activating group) is 2. The first-order chi connectivity index (χ1) is 9.38. The second-order valence-corrected chi connectivity index (χ2v) is 4.29. The van der Waals surface area contributed by atoms with E-state index in [1.807, 2.05) is 13.8 Å². The molecule has 8 nitrogen and oxygen atoms in total. The van der Waals surface area contributed by atoms with E-state index in [2.05, 4.69) is 4.98 Å². The topological polar surface area (TPSA) is 106 Å². The van der Waals surface area contributed by atoms with E-state index in [1.54, 1.807) is 16.8 Å². The number of nitro groups is 1. The van der Waals surface area contributed by atoms with E-state index in [1.165, 1.54) is 12.1 Å². The lowest BCUT2D eigenvalue weighted by Gasteiger charge is -2.23. The predicted octanol–water partition coefficient (Wildman–Crippen LogP) is 0.877. The number of nitrogen functional groups attached to an aromatic ring is 1. The van der Waals surface area contributed by atoms with Gasteiger partial charge in [-0.3, -0.25) is 14.9 Å². The van der Waals surface area contributed by atoms with Crippen LogP contribution >= 0.6 is 0 Å². The van der Waals surface area contributed by atoms with Gasteiger partial charge in [0.1, 0.15) is 11.6 Å². The summed E-state index contributed by atoms with van der Waals surface area (Å²) in [4.78, 5) is 29.5. The number of carbonyl (C=O) groups is 1. The summed E-state index contributed by atoms with van der Waals surface area (Å²) in [5.74, 6) is 0.290. The number of carbonyl (C=O) groups excluding carboxylic acids is 1. The van der Waals surface area contributed by atoms with Gasteiger partial charge in [-0.1, -0.05) is 0 Å². The highest BCUT2D eigenvalue weighted by molar-refractivity contribution is 5.81. The summed E-state index contributed by atoms with van der Waals surface area (Å²) in [7, 11) is 1.65. The van der Waals surface area contributed by atoms with Crippen LogP contribution < -0.4 is 10.6 Å². The van der Waals surface area contributed by atoms with Gasteiger partial charge in [-0.05, 0) is 13.8 Å². The van der Waals surface area contributed by atoms with Crippen LogP contribution in [0.2, 0.25) is 0 Å². The molecule has 0 atom stereocenters. The molecule has 0 fully saturated rings. The fraction of sp³-hybridized carbons (Fsp3) is 0.500. The summed E-state index contributed by atoms with van der Waals surface area (Å²) < 4.78 is 0. The smallest absolute Gasteiger partial charge is 0.276 e. The molecule has 0 bridgehead atoms. The zero-order chi connectivity index (χ0) is 15.3. The largest absolute Gasteiger partial charge is 0.383 e. The molecule has 1 aromatic rings. The molecule has 0 unspecified atom stereocenters. The van der Waals surface area contributed by atoms with Crippen molar-refractivity contribution in [2.75, 3.05) is 37.3 Å². The van der Waals surface area contributed by atoms with E-state index in [-0.39, 0.29) is 24.0 Å². The van der Waals surface area contributed by atoms with Crippen LogP contribution in [0.5, 0.6) is 0 Å². The summed E-state index contributed by atoms with van der Waals surface area (Å²) >= 11 is 0. The Balaban J connectivity index is 2.89. The van der Waals surface area contributed by atoms with Crippen molar-refractivity contribution < 1.29 is 9.72 Å². The van der Waals surface area contributed by atoms with Crippen LogP contribution in [-0.4, -0.2) is 47.4 Å². The summed E-state index contributed by atoms with van der Waals surface area (Å²) in [6.45, 7) is 5.12. The Bertz CT molecular complexity index is 502. The van der Waals surface area contributed by atoms with E-state index in [0.717, 1.165) is 0 Å². The first kappa shape index (κ1) is 15.7. The Hall–Kier alpha value is -2.38. The van der Waals surface area contributed by atoms with Crippen LogP contribution in [0.4, 0.5) is 17.3 Å². The molecule has 0 aliphatic carbocycles. The Morgan fingerprint density at radius 3 is 2.50 bits per heavy atom. The number of amides is 1. The molecule has 0 saturated heterocycles. The zero-order valence-electron chi connectivity index (χ0n) is 11.9. The second kappa shape index (κ2) is 6.69. The third kappa shape index (κ3) is 3.81. The average molecular weight is 281 g/mol. The third-order valence-electron chi connectivity index (χ3n) is 2.91. The summed E-state index contributed by atoms with van der Waals surface area (Å²) in [6.07, 6.45) is 0. The molecule has 0 aromatic carbocycles. The van der Waals surface area contributed by atoms with E-state index >= 15 is 0 Å². The summed E-state index contributed by atoms with van der Waals surface area (Å²) in [5.41, 5.74) is 5.40. The lowest BCUT2D eigenvalue weighted by molar-refractivity contribution is -0.384. The molecule has 0 saturated carbocycles. The molecule has 8 heteroatoms. The quantitative estimate of drug-likeness (QED) is 0.612. The molecule has 1 amide bonds. The standard InChI is InChI=1S/C12H19N5O3/c1-4-16(5-2)12(18)8-15(3)11-7-9(17(19)20)6-10(13)14-11/h6-7H,4-5,8H2,1-3H3,(H2,13,14). The molecule has 2 N–H and O–H groups in total. The van der Waals surface area contributed by atoms with Crippen molar-refractivity contribution in [2.45, 2.75) is 13.8 Å². The van der Waals surface area contributed by atoms with Crippen molar-refractivity contribution in [1.82, 2.24) is 9.88 Å². The van der Waals surface area contributed by atoms with Crippen molar-refractivity contribution in [3.05, 3.63) is 22.2 Å². The highest BCUT2D eigenvalue weighted by atomic mass is 16.6. The van der Waals surface area contributed by atoms with Gasteiger partial charge in [0.15, 0.2) is 0 Å². The summed E-state index contributed by atoms with van der Waals surface area (Å²) in [5, 5.41) is 10.8. The number of aromatic nitrogens is 1. The van der Waals surface area contributed by atoms with Crippen LogP contribution in [0.1, 0.15) is 13.8 Å². The van der Waals surface area contributed by atoms with Crippen LogP contribution in [0, 0.1) is 10.1 Å². The minimum absolute atomic E-state index is 0.0522. The highest BCUT2D eigenvalue weighted by Crippen LogP contribution is 2.20. The van der Waals surface area contributed by atoms with E-state index in [9.17, 15) is 14.9 Å². The van der Waals surface area contributed by atoms with Gasteiger partial charge in [0.05, 0.1) is 23.6 Å². The number of pyridine rings is 1. The number of anilines is 2. The van der Waals surface area contributed by atoms with Gasteiger partial charge >= 0.3 is 0 Å². The minimum atomic E-state index is -0.540. The van der Waals surface area contributed by atoms with Gasteiger partial charge in [0, 0.05) is 20.1 Å². The normalized spacial score (nSPS) is 10.2. The van der Waals surface area contributed by atoms with Gasteiger partial charge in [-0.15, -0.1) is 0 Å². The average Bonchev–Trinajstić information content (AvgIpc) is 2.39. The monoisotopic (exact) mass is 281 g/mol. The first-order valence-corrected chi connectivity index (χ1v) is 6.29. The van der Waals surface area contributed by atoms with Crippen LogP contribution in [0.3, 0.4) is 0 Å². The lowest BCUT2D eigenvalue weighted by atomic mass is 10.3. The number of nitrogens with zero attached hydrogens (tertiary/aromatic N) is 4. The Kier molecular flexibility index (Phi) is 5.24. The molecule has 110 valence electrons. The van der Waals surface area contributed by atoms with Gasteiger partial charge in [-0.2, -0.15) is 0 Å². The van der Waals surface area contributed by atoms with Crippen molar-refractivity contribution in [2.24, 2.45) is 0 Å². The molecular formula is C12H19N5O3. The maximum atomic E-state index is 12.0. The minimum Gasteiger partial charge on any atom is -0.383 e. The maximum Gasteiger partial charge on any atom is 0.276 e. The Labute approximate surface area is 117 Å². The SMILES string of the molecule is CCN(CC)C(=O)CN(C)c1cc([N+](=O)[O-])cc(N)n1. The van der Waals surface area contributed by atoms with Gasteiger partial charge in [-0.25, -0.2) is 4.98 Å². The molecular weight excluding hydrogens is 262 g/mol. The van der Waals surface area contributed by atoms with Crippen molar-refractivity contribution in [3.8, 4) is 0 Å². The summed E-state index contributed by atoms with van der Waals surface area (Å²) in [6, 6.07) is 2.48. The van der Waals surface area contributed by atoms with Crippen LogP contribution in [0.15, 0.2) is 12.1 Å². The number of hydrogen-bond acceptors (Lipinski definition) is 6. The molecule has 1 aromatic heterocycles. The van der Waals surface area contributed by atoms with Gasteiger partial charge in [0.2, 0.25) is 5.91 Å². The first-order valence-electron chi connectivity index (χ1n) is 6.29. The van der Waals surface area contributed by atoms with Crippen molar-refractivity contribution >= 4 is 23.2 Å². The number of hydrogen-bond donors (Lipinski definition) is 1. The zero-order valence-corrected chi connectivity index (χ0v) is 11.9. The van der Waals surface area contributed by atoms with Crippen LogP contribution in [0.25, 0.3) is 0 Å². The predicted molar refractivity (Wildman–Crippen MR) is 76.5 cm³/mol. The lowest BCUT2D eigenvalue weighted by Crippen LogP contribution is -2.39. The molecule has 1 heterocycles. The van der Waals surface area contributed by atoms with Crippen molar-refractivity contribution in [3.63, 3.8) is 0 Å². The van der Waals surface area contributed by atoms with E-state index < -0.39 is 4.92 Å². The highest BCUT2D eigenvalue weighted by Gasteiger charge is 2.16. The molecule has 20 heavy (non-hydrogen) atoms. The molecule has 0 aliphatic heterocycles. The molecule has 0 spiro atoms.